The molecule has 0 spiro atoms. The molecule has 0 bridgehead atoms. The number of morpholine rings is 1. The summed E-state index contributed by atoms with van der Waals surface area (Å²) in [6, 6.07) is 0.0786. The molecule has 0 radical (unpaired) electrons. The van der Waals surface area contributed by atoms with E-state index in [0.717, 1.165) is 51.4 Å². The van der Waals surface area contributed by atoms with Crippen molar-refractivity contribution in [3.05, 3.63) is 12.2 Å². The van der Waals surface area contributed by atoms with Gasteiger partial charge < -0.3 is 29.3 Å². The molecule has 0 aromatic rings. The van der Waals surface area contributed by atoms with Crippen molar-refractivity contribution in [1.29, 1.82) is 0 Å². The highest BCUT2D eigenvalue weighted by Gasteiger charge is 2.71. The van der Waals surface area contributed by atoms with Crippen LogP contribution in [0.2, 0.25) is 0 Å². The molecule has 7 aliphatic rings. The first kappa shape index (κ1) is 41.5. The van der Waals surface area contributed by atoms with Gasteiger partial charge in [-0.05, 0) is 136 Å². The van der Waals surface area contributed by atoms with Crippen molar-refractivity contribution in [3.8, 4) is 0 Å². The Morgan fingerprint density at radius 1 is 0.768 bits per heavy atom. The standard InChI is InChI=1S/C46H73N3O7/c1-30(2)31-12-17-46(28-36(50)47-20-22-48(23-21-47)40(54)49-24-26-55-27-25-49)19-18-44(8)32(38(31)46)10-11-34-43(7)15-14-35(56-37(51)29-41(3,4)39(52)53)42(5,6)33(43)13-16-45(34,44)9/h31-35,38H,1,10-29H2,2-9H3,(H,52,53)/t31-,32+,33-,34+,35-,38+,43-,44+,45+,46+/m0/s1. The fraction of sp³-hybridized carbons (Fsp3) is 0.870. The number of piperazine rings is 1. The monoisotopic (exact) mass is 780 g/mol. The molecular formula is C46H73N3O7. The first-order valence-corrected chi connectivity index (χ1v) is 22.2. The number of carboxylic acids is 1. The molecule has 0 aromatic heterocycles. The van der Waals surface area contributed by atoms with Crippen LogP contribution in [0.15, 0.2) is 12.2 Å². The van der Waals surface area contributed by atoms with E-state index in [1.165, 1.54) is 18.4 Å². The minimum Gasteiger partial charge on any atom is -0.481 e. The van der Waals surface area contributed by atoms with Gasteiger partial charge in [0.25, 0.3) is 0 Å². The van der Waals surface area contributed by atoms with E-state index in [-0.39, 0.29) is 51.5 Å². The minimum absolute atomic E-state index is 0.00490. The van der Waals surface area contributed by atoms with Gasteiger partial charge in [0.05, 0.1) is 25.0 Å². The third-order valence-electron chi connectivity index (χ3n) is 18.3. The Kier molecular flexibility index (Phi) is 10.8. The van der Waals surface area contributed by atoms with Gasteiger partial charge in [-0.2, -0.15) is 0 Å². The molecule has 10 atom stereocenters. The zero-order chi connectivity index (χ0) is 40.6. The Morgan fingerprint density at radius 2 is 1.41 bits per heavy atom. The van der Waals surface area contributed by atoms with E-state index in [9.17, 15) is 24.3 Å². The van der Waals surface area contributed by atoms with E-state index in [4.69, 9.17) is 9.47 Å². The van der Waals surface area contributed by atoms with Crippen LogP contribution in [0.4, 0.5) is 4.79 Å². The number of urea groups is 1. The highest BCUT2D eigenvalue weighted by Crippen LogP contribution is 2.78. The molecule has 5 aliphatic carbocycles. The van der Waals surface area contributed by atoms with Gasteiger partial charge in [-0.1, -0.05) is 46.8 Å². The van der Waals surface area contributed by atoms with Gasteiger partial charge >= 0.3 is 18.0 Å². The second-order valence-electron chi connectivity index (χ2n) is 21.7. The molecule has 7 fully saturated rings. The number of carboxylic acid groups (broad SMARTS) is 1. The number of hydrogen-bond donors (Lipinski definition) is 1. The molecule has 5 saturated carbocycles. The van der Waals surface area contributed by atoms with Crippen molar-refractivity contribution < 1.29 is 33.8 Å². The predicted molar refractivity (Wildman–Crippen MR) is 215 cm³/mol. The number of ether oxygens (including phenoxy) is 2. The van der Waals surface area contributed by atoms with Gasteiger partial charge in [0, 0.05) is 51.1 Å². The number of rotatable bonds is 7. The summed E-state index contributed by atoms with van der Waals surface area (Å²) in [5.41, 5.74) is 0.345. The van der Waals surface area contributed by atoms with Gasteiger partial charge in [0.1, 0.15) is 6.10 Å². The van der Waals surface area contributed by atoms with Crippen molar-refractivity contribution in [2.75, 3.05) is 52.5 Å². The summed E-state index contributed by atoms with van der Waals surface area (Å²) in [5.74, 6) is 1.31. The van der Waals surface area contributed by atoms with Crippen molar-refractivity contribution in [3.63, 3.8) is 0 Å². The number of aliphatic carboxylic acids is 1. The largest absolute Gasteiger partial charge is 0.481 e. The fourth-order valence-electron chi connectivity index (χ4n) is 14.9. The summed E-state index contributed by atoms with van der Waals surface area (Å²) in [4.78, 5) is 58.3. The Hall–Kier alpha value is -2.62. The van der Waals surface area contributed by atoms with E-state index in [0.29, 0.717) is 88.5 Å². The zero-order valence-electron chi connectivity index (χ0n) is 36.1. The van der Waals surface area contributed by atoms with E-state index >= 15 is 0 Å². The fourth-order valence-corrected chi connectivity index (χ4v) is 14.9. The number of nitrogens with zero attached hydrogens (tertiary/aromatic N) is 3. The van der Waals surface area contributed by atoms with Crippen LogP contribution in [-0.2, 0) is 23.9 Å². The Labute approximate surface area is 336 Å². The second-order valence-corrected chi connectivity index (χ2v) is 21.7. The quantitative estimate of drug-likeness (QED) is 0.205. The third-order valence-corrected chi connectivity index (χ3v) is 18.3. The van der Waals surface area contributed by atoms with E-state index in [1.807, 2.05) is 9.80 Å². The molecule has 56 heavy (non-hydrogen) atoms. The number of allylic oxidation sites excluding steroid dienone is 1. The van der Waals surface area contributed by atoms with Gasteiger partial charge in [0.2, 0.25) is 5.91 Å². The molecule has 7 rings (SSSR count). The molecule has 0 unspecified atom stereocenters. The van der Waals surface area contributed by atoms with E-state index in [1.54, 1.807) is 13.8 Å². The van der Waals surface area contributed by atoms with Crippen LogP contribution in [0.5, 0.6) is 0 Å². The molecule has 1 N–H and O–H groups in total. The normalized spacial score (nSPS) is 40.8. The van der Waals surface area contributed by atoms with Crippen LogP contribution in [-0.4, -0.2) is 102 Å². The molecule has 2 heterocycles. The number of carbonyl (C=O) groups is 4. The number of amides is 3. The van der Waals surface area contributed by atoms with Crippen LogP contribution in [0, 0.1) is 62.1 Å². The topological polar surface area (TPSA) is 117 Å². The van der Waals surface area contributed by atoms with Crippen molar-refractivity contribution >= 4 is 23.9 Å². The zero-order valence-corrected chi connectivity index (χ0v) is 36.1. The lowest BCUT2D eigenvalue weighted by Crippen LogP contribution is -2.67. The highest BCUT2D eigenvalue weighted by atomic mass is 16.5. The van der Waals surface area contributed by atoms with Crippen LogP contribution in [0.3, 0.4) is 0 Å². The molecule has 2 aliphatic heterocycles. The van der Waals surface area contributed by atoms with Crippen molar-refractivity contribution in [2.24, 2.45) is 62.1 Å². The second kappa shape index (κ2) is 14.6. The average molecular weight is 780 g/mol. The molecule has 3 amide bonds. The maximum atomic E-state index is 14.4. The summed E-state index contributed by atoms with van der Waals surface area (Å²) >= 11 is 0. The summed E-state index contributed by atoms with van der Waals surface area (Å²) in [6.45, 7) is 27.3. The first-order valence-electron chi connectivity index (χ1n) is 22.2. The summed E-state index contributed by atoms with van der Waals surface area (Å²) in [5, 5.41) is 9.64. The average Bonchev–Trinajstić information content (AvgIpc) is 3.52. The molecule has 314 valence electrons. The molecule has 0 aromatic carbocycles. The van der Waals surface area contributed by atoms with Gasteiger partial charge in [-0.15, -0.1) is 0 Å². The van der Waals surface area contributed by atoms with Crippen LogP contribution < -0.4 is 0 Å². The lowest BCUT2D eigenvalue weighted by Gasteiger charge is -2.73. The number of hydrogen-bond acceptors (Lipinski definition) is 6. The number of esters is 1. The highest BCUT2D eigenvalue weighted by molar-refractivity contribution is 5.81. The molecule has 2 saturated heterocycles. The predicted octanol–water partition coefficient (Wildman–Crippen LogP) is 8.04. The maximum absolute atomic E-state index is 14.4. The lowest BCUT2D eigenvalue weighted by atomic mass is 9.32. The Morgan fingerprint density at radius 3 is 2.05 bits per heavy atom. The van der Waals surface area contributed by atoms with Crippen molar-refractivity contribution in [1.82, 2.24) is 14.7 Å². The van der Waals surface area contributed by atoms with Crippen LogP contribution in [0.25, 0.3) is 0 Å². The van der Waals surface area contributed by atoms with Crippen LogP contribution in [0.1, 0.15) is 132 Å². The van der Waals surface area contributed by atoms with Crippen LogP contribution >= 0.6 is 0 Å². The third kappa shape index (κ3) is 6.62. The minimum atomic E-state index is -1.15. The van der Waals surface area contributed by atoms with E-state index in [2.05, 4.69) is 53.0 Å². The summed E-state index contributed by atoms with van der Waals surface area (Å²) in [7, 11) is 0. The van der Waals surface area contributed by atoms with E-state index < -0.39 is 17.4 Å². The number of carbonyl (C=O) groups excluding carboxylic acids is 3. The van der Waals surface area contributed by atoms with Gasteiger partial charge in [-0.25, -0.2) is 4.79 Å². The Bertz CT molecular complexity index is 1580. The SMILES string of the molecule is C=C(C)[C@@H]1CC[C@]2(CC(=O)N3CCN(C(=O)N4CCOCC4)CC3)CC[C@]3(C)[C@H](CC[C@@H]4[C@@]5(C)CC[C@H](OC(=O)CC(C)(C)C(=O)O)C(C)(C)[C@@H]5CC[C@]43C)[C@@H]12. The summed E-state index contributed by atoms with van der Waals surface area (Å²) in [6.07, 6.45) is 11.2. The Balaban J connectivity index is 1.07. The van der Waals surface area contributed by atoms with Crippen molar-refractivity contribution in [2.45, 2.75) is 139 Å². The van der Waals surface area contributed by atoms with Gasteiger partial charge in [-0.3, -0.25) is 14.4 Å². The molecular weight excluding hydrogens is 707 g/mol. The molecule has 10 heteroatoms. The first-order chi connectivity index (χ1) is 26.2. The lowest BCUT2D eigenvalue weighted by molar-refractivity contribution is -0.250. The maximum Gasteiger partial charge on any atom is 0.320 e. The smallest absolute Gasteiger partial charge is 0.320 e. The van der Waals surface area contributed by atoms with Gasteiger partial charge in [0.15, 0.2) is 0 Å². The number of fused-ring (bicyclic) bond motifs is 7. The summed E-state index contributed by atoms with van der Waals surface area (Å²) < 4.78 is 11.6. The molecule has 10 nitrogen and oxygen atoms in total.